The van der Waals surface area contributed by atoms with Crippen molar-refractivity contribution in [1.29, 1.82) is 0 Å². The van der Waals surface area contributed by atoms with Gasteiger partial charge in [-0.2, -0.15) is 0 Å². The summed E-state index contributed by atoms with van der Waals surface area (Å²) in [5, 5.41) is 13.0. The van der Waals surface area contributed by atoms with Crippen molar-refractivity contribution in [3.05, 3.63) is 29.3 Å². The third-order valence-electron chi connectivity index (χ3n) is 4.79. The van der Waals surface area contributed by atoms with Gasteiger partial charge in [-0.1, -0.05) is 49.0 Å². The minimum atomic E-state index is -0.209. The van der Waals surface area contributed by atoms with Crippen molar-refractivity contribution >= 4 is 29.3 Å². The van der Waals surface area contributed by atoms with Gasteiger partial charge in [-0.05, 0) is 44.0 Å². The molecule has 1 aliphatic carbocycles. The lowest BCUT2D eigenvalue weighted by molar-refractivity contribution is -0.121. The summed E-state index contributed by atoms with van der Waals surface area (Å²) >= 11 is 7.39. The van der Waals surface area contributed by atoms with Gasteiger partial charge >= 0.3 is 0 Å². The van der Waals surface area contributed by atoms with Crippen LogP contribution in [-0.4, -0.2) is 32.0 Å². The Morgan fingerprint density at radius 3 is 2.50 bits per heavy atom. The van der Waals surface area contributed by atoms with Gasteiger partial charge in [-0.15, -0.1) is 10.2 Å². The van der Waals surface area contributed by atoms with Crippen molar-refractivity contribution < 1.29 is 4.79 Å². The fourth-order valence-electron chi connectivity index (χ4n) is 3.22. The number of carbonyl (C=O) groups excluding carboxylic acids is 1. The number of benzene rings is 1. The van der Waals surface area contributed by atoms with Gasteiger partial charge < -0.3 is 9.88 Å². The maximum atomic E-state index is 12.5. The number of nitrogens with zero attached hydrogens (tertiary/aromatic N) is 3. The topological polar surface area (TPSA) is 59.8 Å². The van der Waals surface area contributed by atoms with E-state index in [1.165, 1.54) is 37.4 Å². The standard InChI is InChI=1S/C19H25ClN4OS/c1-13(18(25)21-16-7-5-3-4-6-8-16)26-19-23-22-17(24(19)2)14-9-11-15(20)12-10-14/h9-13,16H,3-8H2,1-2H3,(H,21,25)/t13-/m1/s1. The van der Waals surface area contributed by atoms with Crippen LogP contribution in [0.4, 0.5) is 0 Å². The molecular formula is C19H25ClN4OS. The first kappa shape index (κ1) is 19.2. The molecule has 7 heteroatoms. The smallest absolute Gasteiger partial charge is 0.233 e. The molecule has 1 amide bonds. The molecule has 26 heavy (non-hydrogen) atoms. The molecule has 1 atom stereocenters. The van der Waals surface area contributed by atoms with E-state index in [1.54, 1.807) is 0 Å². The molecule has 0 radical (unpaired) electrons. The van der Waals surface area contributed by atoms with E-state index in [4.69, 9.17) is 11.6 Å². The number of carbonyl (C=O) groups is 1. The van der Waals surface area contributed by atoms with Crippen molar-refractivity contribution in [3.63, 3.8) is 0 Å². The highest BCUT2D eigenvalue weighted by atomic mass is 35.5. The summed E-state index contributed by atoms with van der Waals surface area (Å²) in [6.45, 7) is 1.92. The Morgan fingerprint density at radius 1 is 1.19 bits per heavy atom. The summed E-state index contributed by atoms with van der Waals surface area (Å²) in [6, 6.07) is 7.83. The van der Waals surface area contributed by atoms with E-state index in [9.17, 15) is 4.79 Å². The van der Waals surface area contributed by atoms with E-state index < -0.39 is 0 Å². The average molecular weight is 393 g/mol. The lowest BCUT2D eigenvalue weighted by Gasteiger charge is -2.19. The van der Waals surface area contributed by atoms with Crippen LogP contribution in [0.3, 0.4) is 0 Å². The van der Waals surface area contributed by atoms with Crippen LogP contribution in [0, 0.1) is 0 Å². The van der Waals surface area contributed by atoms with Crippen LogP contribution >= 0.6 is 23.4 Å². The Balaban J connectivity index is 1.63. The highest BCUT2D eigenvalue weighted by Gasteiger charge is 2.22. The number of nitrogens with one attached hydrogen (secondary N) is 1. The third-order valence-corrected chi connectivity index (χ3v) is 6.18. The molecule has 140 valence electrons. The van der Waals surface area contributed by atoms with Crippen LogP contribution < -0.4 is 5.32 Å². The van der Waals surface area contributed by atoms with Crippen LogP contribution in [0.5, 0.6) is 0 Å². The summed E-state index contributed by atoms with van der Waals surface area (Å²) in [5.41, 5.74) is 0.951. The molecule has 1 heterocycles. The number of rotatable bonds is 5. The monoisotopic (exact) mass is 392 g/mol. The SMILES string of the molecule is C[C@@H](Sc1nnc(-c2ccc(Cl)cc2)n1C)C(=O)NC1CCCCCC1. The van der Waals surface area contributed by atoms with E-state index in [-0.39, 0.29) is 11.2 Å². The first-order valence-electron chi connectivity index (χ1n) is 9.17. The van der Waals surface area contributed by atoms with E-state index in [0.29, 0.717) is 11.1 Å². The lowest BCUT2D eigenvalue weighted by atomic mass is 10.1. The molecule has 1 fully saturated rings. The first-order chi connectivity index (χ1) is 12.5. The molecule has 0 saturated heterocycles. The largest absolute Gasteiger partial charge is 0.352 e. The number of aromatic nitrogens is 3. The van der Waals surface area contributed by atoms with Gasteiger partial charge in [0.05, 0.1) is 5.25 Å². The number of amides is 1. The number of hydrogen-bond acceptors (Lipinski definition) is 4. The van der Waals surface area contributed by atoms with Crippen molar-refractivity contribution in [2.45, 2.75) is 61.9 Å². The molecule has 5 nitrogen and oxygen atoms in total. The molecule has 2 aromatic rings. The molecule has 3 rings (SSSR count). The van der Waals surface area contributed by atoms with Crippen molar-refractivity contribution in [2.24, 2.45) is 7.05 Å². The van der Waals surface area contributed by atoms with Crippen LogP contribution in [0.1, 0.15) is 45.4 Å². The summed E-state index contributed by atoms with van der Waals surface area (Å²) in [7, 11) is 1.92. The van der Waals surface area contributed by atoms with Gasteiger partial charge in [0.1, 0.15) is 0 Å². The van der Waals surface area contributed by atoms with Crippen molar-refractivity contribution in [2.75, 3.05) is 0 Å². The van der Waals surface area contributed by atoms with Gasteiger partial charge in [0.25, 0.3) is 0 Å². The van der Waals surface area contributed by atoms with Crippen molar-refractivity contribution in [1.82, 2.24) is 20.1 Å². The quantitative estimate of drug-likeness (QED) is 0.603. The Bertz CT molecular complexity index is 738. The lowest BCUT2D eigenvalue weighted by Crippen LogP contribution is -2.39. The molecule has 0 bridgehead atoms. The van der Waals surface area contributed by atoms with Gasteiger partial charge in [-0.25, -0.2) is 0 Å². The highest BCUT2D eigenvalue weighted by Crippen LogP contribution is 2.27. The van der Waals surface area contributed by atoms with Crippen molar-refractivity contribution in [3.8, 4) is 11.4 Å². The van der Waals surface area contributed by atoms with E-state index in [2.05, 4.69) is 15.5 Å². The van der Waals surface area contributed by atoms with E-state index >= 15 is 0 Å². The molecule has 0 spiro atoms. The summed E-state index contributed by atoms with van der Waals surface area (Å²) < 4.78 is 1.92. The maximum Gasteiger partial charge on any atom is 0.233 e. The second-order valence-corrected chi connectivity index (χ2v) is 8.57. The van der Waals surface area contributed by atoms with Gasteiger partial charge in [0.2, 0.25) is 5.91 Å². The minimum absolute atomic E-state index is 0.0814. The minimum Gasteiger partial charge on any atom is -0.352 e. The molecule has 1 N–H and O–H groups in total. The molecule has 0 unspecified atom stereocenters. The normalized spacial score (nSPS) is 16.9. The second-order valence-electron chi connectivity index (χ2n) is 6.83. The maximum absolute atomic E-state index is 12.5. The molecule has 1 aromatic heterocycles. The average Bonchev–Trinajstić information content (AvgIpc) is 2.83. The van der Waals surface area contributed by atoms with Gasteiger partial charge in [-0.3, -0.25) is 4.79 Å². The van der Waals surface area contributed by atoms with Crippen LogP contribution in [0.15, 0.2) is 29.4 Å². The number of halogens is 1. The van der Waals surface area contributed by atoms with E-state index in [1.807, 2.05) is 42.8 Å². The molecule has 1 aliphatic rings. The van der Waals surface area contributed by atoms with E-state index in [0.717, 1.165) is 29.4 Å². The van der Waals surface area contributed by atoms with Gasteiger partial charge in [0.15, 0.2) is 11.0 Å². The predicted molar refractivity (Wildman–Crippen MR) is 106 cm³/mol. The Labute approximate surface area is 163 Å². The predicted octanol–water partition coefficient (Wildman–Crippen LogP) is 4.46. The zero-order chi connectivity index (χ0) is 18.5. The molecule has 1 saturated carbocycles. The Hall–Kier alpha value is -1.53. The van der Waals surface area contributed by atoms with Gasteiger partial charge in [0, 0.05) is 23.7 Å². The summed E-state index contributed by atoms with van der Waals surface area (Å²) in [6.07, 6.45) is 7.16. The van der Waals surface area contributed by atoms with Crippen LogP contribution in [-0.2, 0) is 11.8 Å². The fraction of sp³-hybridized carbons (Fsp3) is 0.526. The summed E-state index contributed by atoms with van der Waals surface area (Å²) in [4.78, 5) is 12.5. The van der Waals surface area contributed by atoms with Crippen LogP contribution in [0.25, 0.3) is 11.4 Å². The Morgan fingerprint density at radius 2 is 1.85 bits per heavy atom. The number of hydrogen-bond donors (Lipinski definition) is 1. The molecular weight excluding hydrogens is 368 g/mol. The third kappa shape index (κ3) is 4.80. The van der Waals surface area contributed by atoms with Crippen LogP contribution in [0.2, 0.25) is 5.02 Å². The number of thioether (sulfide) groups is 1. The highest BCUT2D eigenvalue weighted by molar-refractivity contribution is 8.00. The zero-order valence-corrected chi connectivity index (χ0v) is 16.8. The Kier molecular flexibility index (Phi) is 6.59. The summed E-state index contributed by atoms with van der Waals surface area (Å²) in [5.74, 6) is 0.846. The molecule has 1 aromatic carbocycles. The zero-order valence-electron chi connectivity index (χ0n) is 15.2. The second kappa shape index (κ2) is 8.91. The fourth-order valence-corrected chi connectivity index (χ4v) is 4.17. The molecule has 0 aliphatic heterocycles. The first-order valence-corrected chi connectivity index (χ1v) is 10.4.